The molecule has 1 aromatic rings. The van der Waals surface area contributed by atoms with Gasteiger partial charge in [-0.1, -0.05) is 36.7 Å². The smallest absolute Gasteiger partial charge is 0.0450 e. The molecule has 0 heterocycles. The first kappa shape index (κ1) is 11.0. The molecule has 0 amide bonds. The zero-order valence-electron chi connectivity index (χ0n) is 9.17. The number of hydrogen-bond acceptors (Lipinski definition) is 1. The predicted octanol–water partition coefficient (Wildman–Crippen LogP) is 3.62. The number of halogens is 1. The van der Waals surface area contributed by atoms with Crippen molar-refractivity contribution in [3.8, 4) is 0 Å². The Bertz CT molecular complexity index is 324. The van der Waals surface area contributed by atoms with Crippen LogP contribution in [0.4, 0.5) is 0 Å². The molecule has 2 heteroatoms. The van der Waals surface area contributed by atoms with Crippen molar-refractivity contribution in [1.82, 2.24) is 5.32 Å². The van der Waals surface area contributed by atoms with Crippen LogP contribution >= 0.6 is 11.6 Å². The van der Waals surface area contributed by atoms with Gasteiger partial charge < -0.3 is 5.32 Å². The molecule has 2 atom stereocenters. The van der Waals surface area contributed by atoms with E-state index in [2.05, 4.69) is 18.3 Å². The van der Waals surface area contributed by atoms with E-state index in [1.54, 1.807) is 0 Å². The molecular weight excluding hydrogens is 206 g/mol. The first-order chi connectivity index (χ1) is 7.25. The van der Waals surface area contributed by atoms with Gasteiger partial charge in [-0.25, -0.2) is 0 Å². The second-order valence-electron chi connectivity index (χ2n) is 4.59. The van der Waals surface area contributed by atoms with Gasteiger partial charge in [0.2, 0.25) is 0 Å². The zero-order chi connectivity index (χ0) is 10.7. The van der Waals surface area contributed by atoms with Crippen LogP contribution in [0.25, 0.3) is 0 Å². The van der Waals surface area contributed by atoms with Gasteiger partial charge in [0.15, 0.2) is 0 Å². The monoisotopic (exact) mass is 223 g/mol. The number of hydrogen-bond donors (Lipinski definition) is 1. The second kappa shape index (κ2) is 5.00. The Hall–Kier alpha value is -0.530. The first-order valence-corrected chi connectivity index (χ1v) is 6.10. The topological polar surface area (TPSA) is 12.0 Å². The molecule has 82 valence electrons. The Morgan fingerprint density at radius 3 is 2.80 bits per heavy atom. The number of rotatable bonds is 3. The third kappa shape index (κ3) is 2.96. The van der Waals surface area contributed by atoms with Crippen molar-refractivity contribution in [2.24, 2.45) is 5.92 Å². The standard InChI is InChI=1S/C13H18ClN/c1-10-6-7-12(8-10)15-9-11-4-2-3-5-13(11)14/h2-5,10,12,15H,6-9H2,1H3/t10-,12+/m1/s1. The molecule has 1 aromatic carbocycles. The fourth-order valence-electron chi connectivity index (χ4n) is 2.29. The van der Waals surface area contributed by atoms with Crippen molar-refractivity contribution >= 4 is 11.6 Å². The van der Waals surface area contributed by atoms with Gasteiger partial charge in [0, 0.05) is 17.6 Å². The van der Waals surface area contributed by atoms with Gasteiger partial charge in [-0.05, 0) is 36.8 Å². The van der Waals surface area contributed by atoms with Gasteiger partial charge in [-0.2, -0.15) is 0 Å². The van der Waals surface area contributed by atoms with E-state index in [1.165, 1.54) is 24.8 Å². The molecule has 0 aliphatic heterocycles. The molecule has 1 aliphatic carbocycles. The maximum atomic E-state index is 6.10. The molecule has 0 radical (unpaired) electrons. The summed E-state index contributed by atoms with van der Waals surface area (Å²) in [6.45, 7) is 3.23. The lowest BCUT2D eigenvalue weighted by molar-refractivity contribution is 0.502. The summed E-state index contributed by atoms with van der Waals surface area (Å²) < 4.78 is 0. The van der Waals surface area contributed by atoms with Crippen LogP contribution < -0.4 is 5.32 Å². The molecule has 0 saturated heterocycles. The van der Waals surface area contributed by atoms with Gasteiger partial charge in [-0.3, -0.25) is 0 Å². The minimum absolute atomic E-state index is 0.691. The zero-order valence-corrected chi connectivity index (χ0v) is 9.93. The van der Waals surface area contributed by atoms with Gasteiger partial charge in [0.1, 0.15) is 0 Å². The Kier molecular flexibility index (Phi) is 3.66. The number of nitrogens with one attached hydrogen (secondary N) is 1. The summed E-state index contributed by atoms with van der Waals surface area (Å²) in [5.41, 5.74) is 1.21. The van der Waals surface area contributed by atoms with E-state index in [0.717, 1.165) is 17.5 Å². The van der Waals surface area contributed by atoms with E-state index in [1.807, 2.05) is 18.2 Å². The average molecular weight is 224 g/mol. The summed E-state index contributed by atoms with van der Waals surface area (Å²) in [7, 11) is 0. The van der Waals surface area contributed by atoms with E-state index in [4.69, 9.17) is 11.6 Å². The van der Waals surface area contributed by atoms with Crippen LogP contribution in [0, 0.1) is 5.92 Å². The van der Waals surface area contributed by atoms with E-state index < -0.39 is 0 Å². The molecule has 0 unspecified atom stereocenters. The highest BCUT2D eigenvalue weighted by atomic mass is 35.5. The molecule has 1 N–H and O–H groups in total. The minimum Gasteiger partial charge on any atom is -0.310 e. The molecule has 1 nitrogen and oxygen atoms in total. The van der Waals surface area contributed by atoms with Crippen molar-refractivity contribution < 1.29 is 0 Å². The lowest BCUT2D eigenvalue weighted by Gasteiger charge is -2.12. The molecular formula is C13H18ClN. The molecule has 0 aromatic heterocycles. The van der Waals surface area contributed by atoms with Crippen LogP contribution in [0.2, 0.25) is 5.02 Å². The third-order valence-electron chi connectivity index (χ3n) is 3.23. The second-order valence-corrected chi connectivity index (χ2v) is 4.99. The SMILES string of the molecule is C[C@@H]1CC[C@H](NCc2ccccc2Cl)C1. The molecule has 1 aliphatic rings. The van der Waals surface area contributed by atoms with Crippen LogP contribution in [0.3, 0.4) is 0 Å². The lowest BCUT2D eigenvalue weighted by Crippen LogP contribution is -2.25. The van der Waals surface area contributed by atoms with E-state index in [0.29, 0.717) is 6.04 Å². The Labute approximate surface area is 96.8 Å². The third-order valence-corrected chi connectivity index (χ3v) is 3.60. The van der Waals surface area contributed by atoms with Gasteiger partial charge in [0.05, 0.1) is 0 Å². The highest BCUT2D eigenvalue weighted by molar-refractivity contribution is 6.31. The Balaban J connectivity index is 1.86. The first-order valence-electron chi connectivity index (χ1n) is 5.72. The van der Waals surface area contributed by atoms with E-state index >= 15 is 0 Å². The van der Waals surface area contributed by atoms with E-state index in [9.17, 15) is 0 Å². The minimum atomic E-state index is 0.691. The molecule has 0 bridgehead atoms. The molecule has 0 spiro atoms. The molecule has 1 fully saturated rings. The summed E-state index contributed by atoms with van der Waals surface area (Å²) in [5.74, 6) is 0.883. The molecule has 2 rings (SSSR count). The van der Waals surface area contributed by atoms with Crippen molar-refractivity contribution in [3.05, 3.63) is 34.9 Å². The Morgan fingerprint density at radius 1 is 1.33 bits per heavy atom. The summed E-state index contributed by atoms with van der Waals surface area (Å²) in [4.78, 5) is 0. The van der Waals surface area contributed by atoms with Crippen molar-refractivity contribution in [3.63, 3.8) is 0 Å². The van der Waals surface area contributed by atoms with Crippen molar-refractivity contribution in [2.75, 3.05) is 0 Å². The van der Waals surface area contributed by atoms with E-state index in [-0.39, 0.29) is 0 Å². The summed E-state index contributed by atoms with van der Waals surface area (Å²) in [6, 6.07) is 8.75. The van der Waals surface area contributed by atoms with Crippen LogP contribution in [0.15, 0.2) is 24.3 Å². The predicted molar refractivity (Wildman–Crippen MR) is 65.1 cm³/mol. The normalized spacial score (nSPS) is 25.7. The maximum Gasteiger partial charge on any atom is 0.0450 e. The highest BCUT2D eigenvalue weighted by Crippen LogP contribution is 2.25. The van der Waals surface area contributed by atoms with Crippen LogP contribution in [0.5, 0.6) is 0 Å². The lowest BCUT2D eigenvalue weighted by atomic mass is 10.1. The fourth-order valence-corrected chi connectivity index (χ4v) is 2.49. The maximum absolute atomic E-state index is 6.10. The largest absolute Gasteiger partial charge is 0.310 e. The van der Waals surface area contributed by atoms with Crippen LogP contribution in [-0.2, 0) is 6.54 Å². The average Bonchev–Trinajstić information content (AvgIpc) is 2.63. The molecule has 1 saturated carbocycles. The van der Waals surface area contributed by atoms with Crippen LogP contribution in [0.1, 0.15) is 31.7 Å². The van der Waals surface area contributed by atoms with Gasteiger partial charge >= 0.3 is 0 Å². The van der Waals surface area contributed by atoms with Gasteiger partial charge in [-0.15, -0.1) is 0 Å². The summed E-state index contributed by atoms with van der Waals surface area (Å²) >= 11 is 6.10. The van der Waals surface area contributed by atoms with Gasteiger partial charge in [0.25, 0.3) is 0 Å². The molecule has 15 heavy (non-hydrogen) atoms. The van der Waals surface area contributed by atoms with Crippen LogP contribution in [-0.4, -0.2) is 6.04 Å². The fraction of sp³-hybridized carbons (Fsp3) is 0.538. The van der Waals surface area contributed by atoms with Crippen molar-refractivity contribution in [2.45, 2.75) is 38.8 Å². The Morgan fingerprint density at radius 2 is 2.13 bits per heavy atom. The summed E-state index contributed by atoms with van der Waals surface area (Å²) in [5, 5.41) is 4.46. The summed E-state index contributed by atoms with van der Waals surface area (Å²) in [6.07, 6.45) is 3.98. The highest BCUT2D eigenvalue weighted by Gasteiger charge is 2.20. The van der Waals surface area contributed by atoms with Crippen molar-refractivity contribution in [1.29, 1.82) is 0 Å². The quantitative estimate of drug-likeness (QED) is 0.826. The number of benzene rings is 1.